The quantitative estimate of drug-likeness (QED) is 0.631. The number of amides is 1. The number of nitrogens with one attached hydrogen (secondary N) is 1. The van der Waals surface area contributed by atoms with E-state index in [2.05, 4.69) is 15.5 Å². The van der Waals surface area contributed by atoms with E-state index in [1.54, 1.807) is 14.0 Å². The maximum absolute atomic E-state index is 12.7. The monoisotopic (exact) mass is 423 g/mol. The summed E-state index contributed by atoms with van der Waals surface area (Å²) in [5.41, 5.74) is 7.57. The van der Waals surface area contributed by atoms with Crippen LogP contribution in [0.5, 0.6) is 5.75 Å². The first-order valence-corrected chi connectivity index (χ1v) is 9.79. The minimum atomic E-state index is -0.186. The zero-order valence-electron chi connectivity index (χ0n) is 17.0. The number of rotatable bonds is 8. The van der Waals surface area contributed by atoms with Gasteiger partial charge in [-0.2, -0.15) is 9.90 Å². The van der Waals surface area contributed by atoms with E-state index in [4.69, 9.17) is 15.2 Å². The highest BCUT2D eigenvalue weighted by Gasteiger charge is 2.27. The van der Waals surface area contributed by atoms with Crippen LogP contribution in [-0.2, 0) is 4.74 Å². The van der Waals surface area contributed by atoms with Crippen LogP contribution >= 0.6 is 12.4 Å². The number of hydrogen-bond donors (Lipinski definition) is 2. The Labute approximate surface area is 177 Å². The summed E-state index contributed by atoms with van der Waals surface area (Å²) in [6, 6.07) is 7.51. The van der Waals surface area contributed by atoms with Crippen LogP contribution < -0.4 is 15.8 Å². The largest absolute Gasteiger partial charge is 0.491 e. The van der Waals surface area contributed by atoms with E-state index < -0.39 is 0 Å². The molecule has 1 fully saturated rings. The molecule has 1 aliphatic carbocycles. The number of aromatic nitrogens is 3. The normalized spacial score (nSPS) is 18.7. The Bertz CT molecular complexity index is 781. The molecular formula is C20H30ClN5O3. The number of ether oxygens (including phenoxy) is 2. The minimum Gasteiger partial charge on any atom is -0.491 e. The third-order valence-corrected chi connectivity index (χ3v) is 5.15. The summed E-state index contributed by atoms with van der Waals surface area (Å²) in [5.74, 6) is 0.889. The Kier molecular flexibility index (Phi) is 8.88. The summed E-state index contributed by atoms with van der Waals surface area (Å²) in [6.07, 6.45) is 4.32. The van der Waals surface area contributed by atoms with E-state index in [0.717, 1.165) is 30.7 Å². The Morgan fingerprint density at radius 2 is 1.93 bits per heavy atom. The molecule has 0 radical (unpaired) electrons. The van der Waals surface area contributed by atoms with Gasteiger partial charge in [0.1, 0.15) is 12.4 Å². The first kappa shape index (κ1) is 23.1. The second-order valence-electron chi connectivity index (χ2n) is 7.12. The van der Waals surface area contributed by atoms with Gasteiger partial charge in [-0.1, -0.05) is 12.8 Å². The van der Waals surface area contributed by atoms with Crippen LogP contribution in [0.4, 0.5) is 0 Å². The lowest BCUT2D eigenvalue weighted by Crippen LogP contribution is -2.45. The van der Waals surface area contributed by atoms with Gasteiger partial charge in [-0.3, -0.25) is 4.79 Å². The zero-order valence-corrected chi connectivity index (χ0v) is 17.8. The van der Waals surface area contributed by atoms with Crippen LogP contribution in [0.3, 0.4) is 0 Å². The number of nitrogens with two attached hydrogens (primary N) is 1. The van der Waals surface area contributed by atoms with E-state index in [-0.39, 0.29) is 24.4 Å². The lowest BCUT2D eigenvalue weighted by molar-refractivity contribution is 0.0902. The summed E-state index contributed by atoms with van der Waals surface area (Å²) in [5, 5.41) is 11.9. The van der Waals surface area contributed by atoms with Gasteiger partial charge in [-0.25, -0.2) is 0 Å². The molecule has 3 N–H and O–H groups in total. The van der Waals surface area contributed by atoms with Crippen molar-refractivity contribution in [3.8, 4) is 11.4 Å². The van der Waals surface area contributed by atoms with Crippen LogP contribution in [0.1, 0.15) is 41.9 Å². The molecule has 160 valence electrons. The topological polar surface area (TPSA) is 104 Å². The minimum absolute atomic E-state index is 0. The van der Waals surface area contributed by atoms with Gasteiger partial charge in [0, 0.05) is 13.2 Å². The second-order valence-corrected chi connectivity index (χ2v) is 7.12. The van der Waals surface area contributed by atoms with Gasteiger partial charge in [0.25, 0.3) is 5.91 Å². The van der Waals surface area contributed by atoms with Crippen molar-refractivity contribution in [2.24, 2.45) is 11.7 Å². The summed E-state index contributed by atoms with van der Waals surface area (Å²) < 4.78 is 10.5. The van der Waals surface area contributed by atoms with E-state index in [1.165, 1.54) is 11.2 Å². The van der Waals surface area contributed by atoms with Crippen LogP contribution in [0.15, 0.2) is 24.3 Å². The molecule has 1 saturated carbocycles. The summed E-state index contributed by atoms with van der Waals surface area (Å²) in [6.45, 7) is 3.41. The van der Waals surface area contributed by atoms with Crippen LogP contribution in [0.25, 0.3) is 5.69 Å². The molecule has 2 unspecified atom stereocenters. The van der Waals surface area contributed by atoms with Gasteiger partial charge in [0.05, 0.1) is 18.0 Å². The number of aryl methyl sites for hydroxylation is 1. The highest BCUT2D eigenvalue weighted by atomic mass is 35.5. The lowest BCUT2D eigenvalue weighted by atomic mass is 9.84. The van der Waals surface area contributed by atoms with E-state index in [1.807, 2.05) is 24.3 Å². The predicted octanol–water partition coefficient (Wildman–Crippen LogP) is 2.27. The maximum atomic E-state index is 12.7. The molecule has 0 aliphatic heterocycles. The fraction of sp³-hybridized carbons (Fsp3) is 0.550. The predicted molar refractivity (Wildman–Crippen MR) is 113 cm³/mol. The van der Waals surface area contributed by atoms with Crippen molar-refractivity contribution < 1.29 is 14.3 Å². The lowest BCUT2D eigenvalue weighted by Gasteiger charge is -2.31. The Hall–Kier alpha value is -2.16. The van der Waals surface area contributed by atoms with Gasteiger partial charge in [-0.05, 0) is 56.5 Å². The SMILES string of the molecule is COCCOc1ccc(-n2nc(C)c(C(=O)NC3CCCCC3CN)n2)cc1.Cl. The van der Waals surface area contributed by atoms with Crippen molar-refractivity contribution in [2.45, 2.75) is 38.6 Å². The first-order chi connectivity index (χ1) is 13.6. The molecule has 1 heterocycles. The van der Waals surface area contributed by atoms with Crippen molar-refractivity contribution in [3.63, 3.8) is 0 Å². The zero-order chi connectivity index (χ0) is 19.9. The molecular weight excluding hydrogens is 394 g/mol. The average molecular weight is 424 g/mol. The van der Waals surface area contributed by atoms with Gasteiger partial charge in [0.2, 0.25) is 0 Å². The number of carbonyl (C=O) groups is 1. The molecule has 1 aromatic carbocycles. The molecule has 9 heteroatoms. The van der Waals surface area contributed by atoms with E-state index in [9.17, 15) is 4.79 Å². The summed E-state index contributed by atoms with van der Waals surface area (Å²) in [4.78, 5) is 14.2. The van der Waals surface area contributed by atoms with Gasteiger partial charge >= 0.3 is 0 Å². The summed E-state index contributed by atoms with van der Waals surface area (Å²) >= 11 is 0. The highest BCUT2D eigenvalue weighted by molar-refractivity contribution is 5.93. The maximum Gasteiger partial charge on any atom is 0.273 e. The van der Waals surface area contributed by atoms with Crippen LogP contribution in [-0.4, -0.2) is 53.8 Å². The molecule has 0 saturated heterocycles. The van der Waals surface area contributed by atoms with E-state index >= 15 is 0 Å². The molecule has 0 spiro atoms. The summed E-state index contributed by atoms with van der Waals surface area (Å²) in [7, 11) is 1.64. The van der Waals surface area contributed by atoms with Gasteiger partial charge in [-0.15, -0.1) is 17.5 Å². The Balaban J connectivity index is 0.00000300. The molecule has 29 heavy (non-hydrogen) atoms. The fourth-order valence-electron chi connectivity index (χ4n) is 3.54. The Morgan fingerprint density at radius 3 is 2.62 bits per heavy atom. The number of nitrogens with zero attached hydrogens (tertiary/aromatic N) is 3. The van der Waals surface area contributed by atoms with Crippen LogP contribution in [0.2, 0.25) is 0 Å². The van der Waals surface area contributed by atoms with Gasteiger partial charge in [0.15, 0.2) is 5.69 Å². The van der Waals surface area contributed by atoms with Crippen molar-refractivity contribution >= 4 is 18.3 Å². The second kappa shape index (κ2) is 11.1. The third-order valence-electron chi connectivity index (χ3n) is 5.15. The molecule has 0 bridgehead atoms. The van der Waals surface area contributed by atoms with Gasteiger partial charge < -0.3 is 20.5 Å². The number of benzene rings is 1. The standard InChI is InChI=1S/C20H29N5O3.ClH/c1-14-19(20(26)22-18-6-4-3-5-15(18)13-21)24-25(23-14)16-7-9-17(10-8-16)28-12-11-27-2;/h7-10,15,18H,3-6,11-13,21H2,1-2H3,(H,22,26);1H. The van der Waals surface area contributed by atoms with Crippen molar-refractivity contribution in [1.29, 1.82) is 0 Å². The van der Waals surface area contributed by atoms with Crippen molar-refractivity contribution in [1.82, 2.24) is 20.3 Å². The smallest absolute Gasteiger partial charge is 0.273 e. The third kappa shape index (κ3) is 5.91. The van der Waals surface area contributed by atoms with Crippen LogP contribution in [0, 0.1) is 12.8 Å². The molecule has 1 amide bonds. The van der Waals surface area contributed by atoms with Crippen molar-refractivity contribution in [2.75, 3.05) is 26.9 Å². The van der Waals surface area contributed by atoms with Crippen molar-refractivity contribution in [3.05, 3.63) is 35.7 Å². The number of methoxy groups -OCH3 is 1. The molecule has 2 aromatic rings. The first-order valence-electron chi connectivity index (χ1n) is 9.79. The number of carbonyl (C=O) groups excluding carboxylic acids is 1. The number of hydrogen-bond acceptors (Lipinski definition) is 6. The molecule has 3 rings (SSSR count). The van der Waals surface area contributed by atoms with E-state index in [0.29, 0.717) is 37.1 Å². The molecule has 1 aromatic heterocycles. The highest BCUT2D eigenvalue weighted by Crippen LogP contribution is 2.24. The molecule has 8 nitrogen and oxygen atoms in total. The Morgan fingerprint density at radius 1 is 1.21 bits per heavy atom. The average Bonchev–Trinajstić information content (AvgIpc) is 3.11. The molecule has 1 aliphatic rings. The number of halogens is 1. The fourth-order valence-corrected chi connectivity index (χ4v) is 3.54. The molecule has 2 atom stereocenters.